The third kappa shape index (κ3) is 4.39. The molecule has 9 heteroatoms. The summed E-state index contributed by atoms with van der Waals surface area (Å²) >= 11 is 0. The summed E-state index contributed by atoms with van der Waals surface area (Å²) in [7, 11) is -0.334. The maximum absolute atomic E-state index is 13.1. The molecule has 0 radical (unpaired) electrons. The maximum atomic E-state index is 13.1. The highest BCUT2D eigenvalue weighted by Crippen LogP contribution is 2.32. The van der Waals surface area contributed by atoms with E-state index >= 15 is 0 Å². The molecular weight excluding hydrogens is 428 g/mol. The monoisotopic (exact) mass is 454 g/mol. The zero-order valence-electron chi connectivity index (χ0n) is 18.3. The fourth-order valence-corrected chi connectivity index (χ4v) is 5.47. The Hall–Kier alpha value is -3.17. The van der Waals surface area contributed by atoms with E-state index in [1.165, 1.54) is 0 Å². The molecule has 1 saturated heterocycles. The van der Waals surface area contributed by atoms with E-state index in [1.807, 2.05) is 37.3 Å². The zero-order valence-corrected chi connectivity index (χ0v) is 19.1. The van der Waals surface area contributed by atoms with Gasteiger partial charge in [0.05, 0.1) is 30.5 Å². The third-order valence-electron chi connectivity index (χ3n) is 5.50. The first kappa shape index (κ1) is 22.0. The van der Waals surface area contributed by atoms with Gasteiger partial charge in [0.1, 0.15) is 11.5 Å². The van der Waals surface area contributed by atoms with Crippen molar-refractivity contribution in [3.8, 4) is 22.8 Å². The minimum atomic E-state index is -3.51. The lowest BCUT2D eigenvalue weighted by molar-refractivity contribution is 0.395. The van der Waals surface area contributed by atoms with E-state index in [-0.39, 0.29) is 0 Å². The molecule has 0 saturated carbocycles. The summed E-state index contributed by atoms with van der Waals surface area (Å²) in [5.74, 6) is 1.84. The molecule has 4 rings (SSSR count). The van der Waals surface area contributed by atoms with E-state index in [4.69, 9.17) is 9.47 Å². The molecule has 1 fully saturated rings. The molecule has 0 bridgehead atoms. The number of anilines is 2. The van der Waals surface area contributed by atoms with E-state index in [0.29, 0.717) is 46.6 Å². The number of sulfonamides is 1. The highest BCUT2D eigenvalue weighted by molar-refractivity contribution is 7.89. The Balaban J connectivity index is 1.58. The van der Waals surface area contributed by atoms with Crippen LogP contribution in [0, 0.1) is 6.92 Å². The van der Waals surface area contributed by atoms with Crippen LogP contribution in [0.5, 0.6) is 11.5 Å². The van der Waals surface area contributed by atoms with Gasteiger partial charge in [-0.1, -0.05) is 12.1 Å². The van der Waals surface area contributed by atoms with Gasteiger partial charge >= 0.3 is 0 Å². The highest BCUT2D eigenvalue weighted by Gasteiger charge is 2.28. The van der Waals surface area contributed by atoms with Crippen molar-refractivity contribution in [1.29, 1.82) is 0 Å². The Bertz CT molecular complexity index is 1210. The standard InChI is InChI=1S/C23H26N4O4S/c1-16-6-7-17(14-22(16)32(28,29)27-12-4-5-13-27)19-10-11-23(26-25-19)24-20-9-8-18(30-2)15-21(20)31-3/h6-11,14-15H,4-5,12-13H2,1-3H3,(H,24,26). The van der Waals surface area contributed by atoms with Gasteiger partial charge in [-0.25, -0.2) is 8.42 Å². The van der Waals surface area contributed by atoms with Crippen molar-refractivity contribution < 1.29 is 17.9 Å². The number of aryl methyl sites for hydroxylation is 1. The van der Waals surface area contributed by atoms with Gasteiger partial charge in [-0.3, -0.25) is 0 Å². The van der Waals surface area contributed by atoms with Crippen molar-refractivity contribution in [3.63, 3.8) is 0 Å². The van der Waals surface area contributed by atoms with Crippen LogP contribution in [-0.2, 0) is 10.0 Å². The second-order valence-electron chi connectivity index (χ2n) is 7.59. The first-order chi connectivity index (χ1) is 15.4. The van der Waals surface area contributed by atoms with Crippen LogP contribution >= 0.6 is 0 Å². The first-order valence-electron chi connectivity index (χ1n) is 10.4. The van der Waals surface area contributed by atoms with Gasteiger partial charge in [0, 0.05) is 24.7 Å². The predicted octanol–water partition coefficient (Wildman–Crippen LogP) is 4.00. The Morgan fingerprint density at radius 1 is 0.938 bits per heavy atom. The lowest BCUT2D eigenvalue weighted by atomic mass is 10.1. The van der Waals surface area contributed by atoms with Gasteiger partial charge < -0.3 is 14.8 Å². The molecule has 0 spiro atoms. The van der Waals surface area contributed by atoms with Gasteiger partial charge in [0.15, 0.2) is 5.82 Å². The summed E-state index contributed by atoms with van der Waals surface area (Å²) < 4.78 is 38.3. The van der Waals surface area contributed by atoms with Gasteiger partial charge in [-0.15, -0.1) is 10.2 Å². The van der Waals surface area contributed by atoms with Crippen LogP contribution < -0.4 is 14.8 Å². The number of benzene rings is 2. The molecule has 1 aliphatic heterocycles. The number of hydrogen-bond acceptors (Lipinski definition) is 7. The van der Waals surface area contributed by atoms with Crippen LogP contribution in [0.2, 0.25) is 0 Å². The summed E-state index contributed by atoms with van der Waals surface area (Å²) in [4.78, 5) is 0.323. The zero-order chi connectivity index (χ0) is 22.7. The average molecular weight is 455 g/mol. The van der Waals surface area contributed by atoms with Crippen molar-refractivity contribution >= 4 is 21.5 Å². The highest BCUT2D eigenvalue weighted by atomic mass is 32.2. The second-order valence-corrected chi connectivity index (χ2v) is 9.49. The van der Waals surface area contributed by atoms with Crippen molar-refractivity contribution in [2.24, 2.45) is 0 Å². The van der Waals surface area contributed by atoms with Crippen LogP contribution in [0.15, 0.2) is 53.4 Å². The van der Waals surface area contributed by atoms with Crippen LogP contribution in [0.3, 0.4) is 0 Å². The number of methoxy groups -OCH3 is 2. The molecule has 32 heavy (non-hydrogen) atoms. The fourth-order valence-electron chi connectivity index (χ4n) is 3.70. The molecule has 1 N–H and O–H groups in total. The SMILES string of the molecule is COc1ccc(Nc2ccc(-c3ccc(C)c(S(=O)(=O)N4CCCC4)c3)nn2)c(OC)c1. The van der Waals surface area contributed by atoms with Gasteiger partial charge in [-0.05, 0) is 55.7 Å². The normalized spacial score (nSPS) is 14.3. The minimum absolute atomic E-state index is 0.323. The van der Waals surface area contributed by atoms with Crippen molar-refractivity contribution in [1.82, 2.24) is 14.5 Å². The molecule has 3 aromatic rings. The molecule has 2 heterocycles. The van der Waals surface area contributed by atoms with E-state index in [0.717, 1.165) is 24.1 Å². The predicted molar refractivity (Wildman–Crippen MR) is 123 cm³/mol. The second kappa shape index (κ2) is 9.13. The van der Waals surface area contributed by atoms with Crippen LogP contribution in [0.25, 0.3) is 11.3 Å². The lowest BCUT2D eigenvalue weighted by Gasteiger charge is -2.18. The molecule has 1 aromatic heterocycles. The Labute approximate surface area is 188 Å². The van der Waals surface area contributed by atoms with Crippen LogP contribution in [-0.4, -0.2) is 50.2 Å². The number of ether oxygens (including phenoxy) is 2. The smallest absolute Gasteiger partial charge is 0.243 e. The van der Waals surface area contributed by atoms with Crippen molar-refractivity contribution in [2.45, 2.75) is 24.7 Å². The van der Waals surface area contributed by atoms with E-state index < -0.39 is 10.0 Å². The largest absolute Gasteiger partial charge is 0.497 e. The summed E-state index contributed by atoms with van der Waals surface area (Å²) in [6.45, 7) is 2.95. The number of nitrogens with one attached hydrogen (secondary N) is 1. The van der Waals surface area contributed by atoms with Crippen molar-refractivity contribution in [2.75, 3.05) is 32.6 Å². The van der Waals surface area contributed by atoms with E-state index in [2.05, 4.69) is 15.5 Å². The quantitative estimate of drug-likeness (QED) is 0.577. The van der Waals surface area contributed by atoms with Crippen LogP contribution in [0.4, 0.5) is 11.5 Å². The van der Waals surface area contributed by atoms with Crippen LogP contribution in [0.1, 0.15) is 18.4 Å². The Morgan fingerprint density at radius 2 is 1.72 bits per heavy atom. The van der Waals surface area contributed by atoms with Gasteiger partial charge in [0.2, 0.25) is 10.0 Å². The minimum Gasteiger partial charge on any atom is -0.497 e. The fraction of sp³-hybridized carbons (Fsp3) is 0.304. The van der Waals surface area contributed by atoms with Crippen molar-refractivity contribution in [3.05, 3.63) is 54.1 Å². The average Bonchev–Trinajstić information content (AvgIpc) is 3.36. The Morgan fingerprint density at radius 3 is 2.38 bits per heavy atom. The topological polar surface area (TPSA) is 93.7 Å². The lowest BCUT2D eigenvalue weighted by Crippen LogP contribution is -2.28. The van der Waals surface area contributed by atoms with E-state index in [9.17, 15) is 8.42 Å². The number of nitrogens with zero attached hydrogens (tertiary/aromatic N) is 3. The molecule has 0 atom stereocenters. The molecule has 1 aliphatic rings. The maximum Gasteiger partial charge on any atom is 0.243 e. The van der Waals surface area contributed by atoms with E-state index in [1.54, 1.807) is 36.7 Å². The summed E-state index contributed by atoms with van der Waals surface area (Å²) in [6, 6.07) is 14.4. The summed E-state index contributed by atoms with van der Waals surface area (Å²) in [5.41, 5.74) is 2.74. The molecule has 2 aromatic carbocycles. The molecule has 8 nitrogen and oxygen atoms in total. The molecule has 0 amide bonds. The number of rotatable bonds is 7. The first-order valence-corrected chi connectivity index (χ1v) is 11.8. The number of hydrogen-bond donors (Lipinski definition) is 1. The molecule has 0 unspecified atom stereocenters. The molecular formula is C23H26N4O4S. The summed E-state index contributed by atoms with van der Waals surface area (Å²) in [5, 5.41) is 11.7. The summed E-state index contributed by atoms with van der Waals surface area (Å²) in [6.07, 6.45) is 1.80. The molecule has 0 aliphatic carbocycles. The van der Waals surface area contributed by atoms with Gasteiger partial charge in [-0.2, -0.15) is 4.31 Å². The third-order valence-corrected chi connectivity index (χ3v) is 7.54. The molecule has 168 valence electrons. The number of aromatic nitrogens is 2. The van der Waals surface area contributed by atoms with Gasteiger partial charge in [0.25, 0.3) is 0 Å². The Kier molecular flexibility index (Phi) is 6.29.